The summed E-state index contributed by atoms with van der Waals surface area (Å²) in [5.41, 5.74) is 1.46. The van der Waals surface area contributed by atoms with Crippen LogP contribution >= 0.6 is 15.9 Å². The number of rotatable bonds is 5. The van der Waals surface area contributed by atoms with Gasteiger partial charge in [-0.25, -0.2) is 8.42 Å². The van der Waals surface area contributed by atoms with Gasteiger partial charge in [-0.1, -0.05) is 22.0 Å². The van der Waals surface area contributed by atoms with E-state index >= 15 is 0 Å². The molecule has 0 saturated carbocycles. The molecule has 0 aliphatic heterocycles. The monoisotopic (exact) mass is 345 g/mol. The standard InChI is InChI=1S/C13H16BrNO3S/c1-4-7-19(17,18)10(3)13(16)15-12-6-5-11(14)8-9(12)2/h4-6,8,10H,1,7H2,2-3H3,(H,15,16). The molecule has 1 unspecified atom stereocenters. The number of aryl methyl sites for hydroxylation is 1. The Morgan fingerprint density at radius 3 is 2.68 bits per heavy atom. The van der Waals surface area contributed by atoms with Crippen molar-refractivity contribution in [3.8, 4) is 0 Å². The van der Waals surface area contributed by atoms with Crippen LogP contribution in [0.4, 0.5) is 5.69 Å². The molecule has 6 heteroatoms. The summed E-state index contributed by atoms with van der Waals surface area (Å²) < 4.78 is 24.4. The van der Waals surface area contributed by atoms with Crippen LogP contribution in [0.1, 0.15) is 12.5 Å². The van der Waals surface area contributed by atoms with Gasteiger partial charge >= 0.3 is 0 Å². The number of nitrogens with one attached hydrogen (secondary N) is 1. The average Bonchev–Trinajstić information content (AvgIpc) is 2.31. The molecular formula is C13H16BrNO3S. The molecule has 0 fully saturated rings. The van der Waals surface area contributed by atoms with Crippen LogP contribution in [0.3, 0.4) is 0 Å². The van der Waals surface area contributed by atoms with Crippen molar-refractivity contribution in [2.75, 3.05) is 11.1 Å². The van der Waals surface area contributed by atoms with E-state index in [0.29, 0.717) is 5.69 Å². The molecule has 1 amide bonds. The Morgan fingerprint density at radius 2 is 2.16 bits per heavy atom. The van der Waals surface area contributed by atoms with Gasteiger partial charge in [0, 0.05) is 10.2 Å². The minimum Gasteiger partial charge on any atom is -0.325 e. The number of anilines is 1. The van der Waals surface area contributed by atoms with Crippen LogP contribution in [0.15, 0.2) is 35.3 Å². The lowest BCUT2D eigenvalue weighted by Gasteiger charge is -2.13. The van der Waals surface area contributed by atoms with Crippen LogP contribution in [0.2, 0.25) is 0 Å². The van der Waals surface area contributed by atoms with Gasteiger partial charge in [0.05, 0.1) is 5.75 Å². The number of carbonyl (C=O) groups excluding carboxylic acids is 1. The molecular weight excluding hydrogens is 330 g/mol. The topological polar surface area (TPSA) is 63.2 Å². The fraction of sp³-hybridized carbons (Fsp3) is 0.308. The normalized spacial score (nSPS) is 12.8. The van der Waals surface area contributed by atoms with E-state index in [0.717, 1.165) is 10.0 Å². The van der Waals surface area contributed by atoms with Crippen LogP contribution in [-0.4, -0.2) is 25.3 Å². The van der Waals surface area contributed by atoms with Crippen molar-refractivity contribution < 1.29 is 13.2 Å². The molecule has 1 rings (SSSR count). The van der Waals surface area contributed by atoms with E-state index in [4.69, 9.17) is 0 Å². The smallest absolute Gasteiger partial charge is 0.242 e. The van der Waals surface area contributed by atoms with Crippen molar-refractivity contribution in [2.24, 2.45) is 0 Å². The number of hydrogen-bond donors (Lipinski definition) is 1. The van der Waals surface area contributed by atoms with Gasteiger partial charge < -0.3 is 5.32 Å². The lowest BCUT2D eigenvalue weighted by atomic mass is 10.2. The lowest BCUT2D eigenvalue weighted by Crippen LogP contribution is -2.33. The van der Waals surface area contributed by atoms with Gasteiger partial charge in [0.15, 0.2) is 9.84 Å². The van der Waals surface area contributed by atoms with Gasteiger partial charge in [-0.3, -0.25) is 4.79 Å². The van der Waals surface area contributed by atoms with Gasteiger partial charge in [0.2, 0.25) is 5.91 Å². The minimum atomic E-state index is -3.49. The summed E-state index contributed by atoms with van der Waals surface area (Å²) >= 11 is 3.32. The molecule has 4 nitrogen and oxygen atoms in total. The largest absolute Gasteiger partial charge is 0.325 e. The summed E-state index contributed by atoms with van der Waals surface area (Å²) in [5, 5.41) is 1.53. The first-order valence-electron chi connectivity index (χ1n) is 5.67. The van der Waals surface area contributed by atoms with Crippen LogP contribution in [0, 0.1) is 6.92 Å². The molecule has 104 valence electrons. The molecule has 0 aromatic heterocycles. The first-order valence-corrected chi connectivity index (χ1v) is 8.18. The maximum atomic E-state index is 11.9. The van der Waals surface area contributed by atoms with E-state index < -0.39 is 21.0 Å². The molecule has 0 aliphatic carbocycles. The molecule has 0 radical (unpaired) electrons. The van der Waals surface area contributed by atoms with E-state index in [9.17, 15) is 13.2 Å². The molecule has 19 heavy (non-hydrogen) atoms. The highest BCUT2D eigenvalue weighted by molar-refractivity contribution is 9.10. The van der Waals surface area contributed by atoms with Crippen molar-refractivity contribution in [1.82, 2.24) is 0 Å². The first kappa shape index (κ1) is 15.9. The molecule has 0 bridgehead atoms. The Labute approximate surface area is 122 Å². The molecule has 1 N–H and O–H groups in total. The third kappa shape index (κ3) is 4.18. The van der Waals surface area contributed by atoms with Gasteiger partial charge in [-0.05, 0) is 37.6 Å². The van der Waals surface area contributed by atoms with Crippen LogP contribution < -0.4 is 5.32 Å². The van der Waals surface area contributed by atoms with Crippen molar-refractivity contribution in [3.63, 3.8) is 0 Å². The number of halogens is 1. The SMILES string of the molecule is C=CCS(=O)(=O)C(C)C(=O)Nc1ccc(Br)cc1C. The Hall–Kier alpha value is -1.14. The quantitative estimate of drug-likeness (QED) is 0.834. The Morgan fingerprint density at radius 1 is 1.53 bits per heavy atom. The second-order valence-electron chi connectivity index (χ2n) is 4.21. The number of amides is 1. The van der Waals surface area contributed by atoms with E-state index in [1.807, 2.05) is 13.0 Å². The summed E-state index contributed by atoms with van der Waals surface area (Å²) in [6.07, 6.45) is 1.28. The fourth-order valence-electron chi connectivity index (χ4n) is 1.47. The average molecular weight is 346 g/mol. The maximum Gasteiger partial charge on any atom is 0.242 e. The highest BCUT2D eigenvalue weighted by Gasteiger charge is 2.26. The molecule has 0 saturated heterocycles. The molecule has 0 aliphatic rings. The third-order valence-corrected chi connectivity index (χ3v) is 5.19. The molecule has 0 heterocycles. The van der Waals surface area contributed by atoms with Crippen molar-refractivity contribution in [1.29, 1.82) is 0 Å². The van der Waals surface area contributed by atoms with Gasteiger partial charge in [0.25, 0.3) is 0 Å². The van der Waals surface area contributed by atoms with Crippen molar-refractivity contribution in [3.05, 3.63) is 40.9 Å². The zero-order valence-corrected chi connectivity index (χ0v) is 13.2. The highest BCUT2D eigenvalue weighted by Crippen LogP contribution is 2.20. The summed E-state index contributed by atoms with van der Waals surface area (Å²) in [6.45, 7) is 6.59. The molecule has 1 aromatic rings. The van der Waals surface area contributed by atoms with Gasteiger partial charge in [-0.2, -0.15) is 0 Å². The highest BCUT2D eigenvalue weighted by atomic mass is 79.9. The predicted octanol–water partition coefficient (Wildman–Crippen LogP) is 2.69. The number of carbonyl (C=O) groups is 1. The van der Waals surface area contributed by atoms with Crippen LogP contribution in [-0.2, 0) is 14.6 Å². The van der Waals surface area contributed by atoms with E-state index in [1.54, 1.807) is 12.1 Å². The van der Waals surface area contributed by atoms with E-state index in [1.165, 1.54) is 13.0 Å². The second kappa shape index (κ2) is 6.34. The third-order valence-electron chi connectivity index (χ3n) is 2.70. The summed E-state index contributed by atoms with van der Waals surface area (Å²) in [6, 6.07) is 5.36. The minimum absolute atomic E-state index is 0.207. The van der Waals surface area contributed by atoms with Crippen molar-refractivity contribution in [2.45, 2.75) is 19.1 Å². The second-order valence-corrected chi connectivity index (χ2v) is 7.49. The van der Waals surface area contributed by atoms with Crippen molar-refractivity contribution >= 4 is 37.4 Å². The summed E-state index contributed by atoms with van der Waals surface area (Å²) in [4.78, 5) is 11.9. The maximum absolute atomic E-state index is 11.9. The number of sulfone groups is 1. The number of hydrogen-bond acceptors (Lipinski definition) is 3. The first-order chi connectivity index (χ1) is 8.77. The molecule has 0 spiro atoms. The zero-order valence-electron chi connectivity index (χ0n) is 10.8. The molecule has 1 aromatic carbocycles. The van der Waals surface area contributed by atoms with E-state index in [2.05, 4.69) is 27.8 Å². The van der Waals surface area contributed by atoms with Crippen LogP contribution in [0.5, 0.6) is 0 Å². The zero-order chi connectivity index (χ0) is 14.6. The Balaban J connectivity index is 2.88. The Kier molecular flexibility index (Phi) is 5.31. The number of benzene rings is 1. The summed E-state index contributed by atoms with van der Waals surface area (Å²) in [5.74, 6) is -0.742. The lowest BCUT2D eigenvalue weighted by molar-refractivity contribution is -0.115. The predicted molar refractivity (Wildman–Crippen MR) is 81.0 cm³/mol. The van der Waals surface area contributed by atoms with E-state index in [-0.39, 0.29) is 5.75 Å². The van der Waals surface area contributed by atoms with Gasteiger partial charge in [0.1, 0.15) is 5.25 Å². The molecule has 1 atom stereocenters. The van der Waals surface area contributed by atoms with Crippen LogP contribution in [0.25, 0.3) is 0 Å². The Bertz CT molecular complexity index is 596. The fourth-order valence-corrected chi connectivity index (χ4v) is 2.95. The summed E-state index contributed by atoms with van der Waals surface area (Å²) in [7, 11) is -3.49. The van der Waals surface area contributed by atoms with Gasteiger partial charge in [-0.15, -0.1) is 6.58 Å².